The van der Waals surface area contributed by atoms with Crippen molar-refractivity contribution in [1.82, 2.24) is 10.3 Å². The van der Waals surface area contributed by atoms with Gasteiger partial charge in [0.2, 0.25) is 0 Å². The van der Waals surface area contributed by atoms with Crippen LogP contribution in [0.5, 0.6) is 5.75 Å². The quantitative estimate of drug-likeness (QED) is 0.0337. The molecule has 3 heterocycles. The number of Topliss-reactive ketones (excluding diaryl/α,β-unsaturated/α-hetero) is 2. The number of aliphatic hydroxyl groups excluding tert-OH is 2. The maximum absolute atomic E-state index is 16.1. The molecule has 0 amide bonds. The van der Waals surface area contributed by atoms with Gasteiger partial charge in [0.1, 0.15) is 5.75 Å². The van der Waals surface area contributed by atoms with Crippen LogP contribution in [0.15, 0.2) is 70.6 Å². The smallest absolute Gasteiger partial charge is 0.313 e. The number of nitrogens with two attached hydrogens (primary N) is 2. The van der Waals surface area contributed by atoms with Crippen LogP contribution >= 0.6 is 21.6 Å². The van der Waals surface area contributed by atoms with Gasteiger partial charge in [-0.1, -0.05) is 72.1 Å². The monoisotopic (exact) mass is 1160 g/mol. The number of esters is 1. The average molecular weight is 1160 g/mol. The number of aromatic amines is 1. The summed E-state index contributed by atoms with van der Waals surface area (Å²) in [6, 6.07) is 8.83. The van der Waals surface area contributed by atoms with Crippen LogP contribution in [-0.2, 0) is 19.1 Å². The molecule has 444 valence electrons. The zero-order valence-corrected chi connectivity index (χ0v) is 49.8. The van der Waals surface area contributed by atoms with Crippen LogP contribution in [-0.4, -0.2) is 119 Å². The summed E-state index contributed by atoms with van der Waals surface area (Å²) in [6.07, 6.45) is 11.3. The molecule has 1 spiro atoms. The Morgan fingerprint density at radius 1 is 0.915 bits per heavy atom. The van der Waals surface area contributed by atoms with Crippen molar-refractivity contribution in [2.75, 3.05) is 31.2 Å². The molecule has 5 saturated carbocycles. The fourth-order valence-corrected chi connectivity index (χ4v) is 23.1. The zero-order chi connectivity index (χ0) is 57.9. The number of ketones is 2. The molecule has 7 fully saturated rings. The highest BCUT2D eigenvalue weighted by atomic mass is 33.1. The fraction of sp³-hybridized carbons (Fsp3) is 0.692. The van der Waals surface area contributed by atoms with Gasteiger partial charge >= 0.3 is 5.97 Å². The summed E-state index contributed by atoms with van der Waals surface area (Å²) < 4.78 is 6.03. The van der Waals surface area contributed by atoms with Gasteiger partial charge in [-0.2, -0.15) is 0 Å². The molecule has 2 saturated heterocycles. The number of hydrogen-bond acceptors (Lipinski definition) is 14. The Morgan fingerprint density at radius 2 is 1.70 bits per heavy atom. The van der Waals surface area contributed by atoms with E-state index in [9.17, 15) is 40.2 Å². The number of cyclic esters (lactones) is 1. The van der Waals surface area contributed by atoms with Crippen LogP contribution in [0.2, 0.25) is 0 Å². The van der Waals surface area contributed by atoms with E-state index < -0.39 is 75.3 Å². The van der Waals surface area contributed by atoms with Crippen LogP contribution < -0.4 is 16.8 Å². The second kappa shape index (κ2) is 21.6. The molecular weight excluding hydrogens is 1070 g/mol. The molecule has 4 bridgehead atoms. The molecule has 10 aliphatic rings. The van der Waals surface area contributed by atoms with E-state index in [-0.39, 0.29) is 128 Å². The molecule has 1 aromatic carbocycles. The fourth-order valence-electron chi connectivity index (χ4n) is 20.3. The first-order valence-corrected chi connectivity index (χ1v) is 33.2. The third-order valence-corrected chi connectivity index (χ3v) is 26.5. The number of fused-ring (bicyclic) bond motifs is 10. The van der Waals surface area contributed by atoms with Gasteiger partial charge in [-0.25, -0.2) is 0 Å². The van der Waals surface area contributed by atoms with Gasteiger partial charge in [0, 0.05) is 84.2 Å². The van der Waals surface area contributed by atoms with Crippen molar-refractivity contribution >= 4 is 45.1 Å². The van der Waals surface area contributed by atoms with E-state index in [1.165, 1.54) is 16.4 Å². The topological polar surface area (TPSA) is 274 Å². The summed E-state index contributed by atoms with van der Waals surface area (Å²) in [5, 5.41) is 81.0. The lowest BCUT2D eigenvalue weighted by atomic mass is 9.42. The Bertz CT molecular complexity index is 2970. The Balaban J connectivity index is 1.04. The van der Waals surface area contributed by atoms with E-state index in [1.807, 2.05) is 37.5 Å². The minimum Gasteiger partial charge on any atom is -0.508 e. The molecule has 8 aliphatic carbocycles. The molecule has 0 radical (unpaired) electrons. The number of rotatable bonds is 6. The number of guanidine groups is 1. The highest BCUT2D eigenvalue weighted by Gasteiger charge is 2.76. The molecule has 21 atom stereocenters. The minimum absolute atomic E-state index is 0.0523. The van der Waals surface area contributed by atoms with Crippen molar-refractivity contribution in [3.63, 3.8) is 0 Å². The number of H-pyrrole nitrogens is 1. The largest absolute Gasteiger partial charge is 0.508 e. The van der Waals surface area contributed by atoms with Gasteiger partial charge < -0.3 is 57.1 Å². The third-order valence-electron chi connectivity index (χ3n) is 23.9. The number of aliphatic hydroxyl groups is 5. The van der Waals surface area contributed by atoms with E-state index in [1.54, 1.807) is 29.9 Å². The van der Waals surface area contributed by atoms with Crippen molar-refractivity contribution in [2.45, 2.75) is 165 Å². The molecule has 2 aromatic rings. The second-order valence-corrected chi connectivity index (χ2v) is 30.6. The second-order valence-electron chi connectivity index (χ2n) is 28.0. The van der Waals surface area contributed by atoms with Crippen LogP contribution in [0.1, 0.15) is 147 Å². The number of carbonyl (C=O) groups excluding carboxylic acids is 3. The SMILES string of the molecule is C[C@@H]1CCC2=CC[C@H]3[C@H](C)C[C@]4(O)CC[C@]3(C[C@@H]([C@@H]3COC(=O)[C@H]3c3cc[nH]c3)C#CC[C@H]3C[C@@]5(O)C6=C7NCC(=O)C[C@@H](c8ccc(O)cc8)CSSC[C@H]8[C@@H](O)[C@@H](O)C[C@@](C)([C@@H]8C7=O)[C@H]6CC[C@]5(CCN=C(N)N)[C@H]3[C@@]4(C)O)[C@H]2C1. The molecule has 12 rings (SSSR count). The number of phenolic OH excluding ortho intramolecular Hbond substituents is 1. The van der Waals surface area contributed by atoms with E-state index in [4.69, 9.17) is 16.2 Å². The Labute approximate surface area is 490 Å². The molecule has 2 aliphatic heterocycles. The highest BCUT2D eigenvalue weighted by molar-refractivity contribution is 8.76. The molecule has 17 heteroatoms. The van der Waals surface area contributed by atoms with Crippen LogP contribution in [0.3, 0.4) is 0 Å². The number of hydrogen-bond donors (Lipinski definition) is 10. The van der Waals surface area contributed by atoms with Crippen molar-refractivity contribution < 1.29 is 49.8 Å². The first kappa shape index (κ1) is 58.1. The van der Waals surface area contributed by atoms with Crippen molar-refractivity contribution in [3.8, 4) is 17.6 Å². The summed E-state index contributed by atoms with van der Waals surface area (Å²) in [5.41, 5.74) is 8.15. The van der Waals surface area contributed by atoms with Gasteiger partial charge in [0.05, 0.1) is 53.8 Å². The first-order valence-electron chi connectivity index (χ1n) is 30.7. The lowest BCUT2D eigenvalue weighted by molar-refractivity contribution is -0.228. The number of nitrogens with zero attached hydrogens (tertiary/aromatic N) is 1. The molecule has 1 aromatic heterocycles. The molecule has 82 heavy (non-hydrogen) atoms. The number of benzene rings is 1. The summed E-state index contributed by atoms with van der Waals surface area (Å²) in [4.78, 5) is 52.4. The summed E-state index contributed by atoms with van der Waals surface area (Å²) in [7, 11) is 3.09. The lowest BCUT2D eigenvalue weighted by Gasteiger charge is -2.64. The summed E-state index contributed by atoms with van der Waals surface area (Å²) >= 11 is 0. The average Bonchev–Trinajstić information content (AvgIpc) is 1.38. The van der Waals surface area contributed by atoms with Crippen LogP contribution in [0.25, 0.3) is 0 Å². The van der Waals surface area contributed by atoms with Gasteiger partial charge in [0.25, 0.3) is 0 Å². The Kier molecular flexibility index (Phi) is 15.3. The number of aliphatic imine (C=N–C) groups is 1. The van der Waals surface area contributed by atoms with Crippen LogP contribution in [0.4, 0.5) is 0 Å². The van der Waals surface area contributed by atoms with Crippen molar-refractivity contribution in [1.29, 1.82) is 0 Å². The first-order chi connectivity index (χ1) is 39.1. The predicted octanol–water partition coefficient (Wildman–Crippen LogP) is 7.42. The Hall–Kier alpha value is -4.28. The highest BCUT2D eigenvalue weighted by Crippen LogP contribution is 2.74. The minimum atomic E-state index is -1.88. The van der Waals surface area contributed by atoms with Gasteiger partial charge in [0.15, 0.2) is 17.5 Å². The predicted molar refractivity (Wildman–Crippen MR) is 316 cm³/mol. The number of phenols is 1. The Morgan fingerprint density at radius 3 is 2.45 bits per heavy atom. The maximum Gasteiger partial charge on any atom is 0.313 e. The van der Waals surface area contributed by atoms with Gasteiger partial charge in [-0.3, -0.25) is 19.4 Å². The third kappa shape index (κ3) is 9.26. The number of aromatic hydroxyl groups is 1. The molecular formula is C65H87N5O10S2. The molecule has 12 N–H and O–H groups in total. The van der Waals surface area contributed by atoms with Crippen molar-refractivity contribution in [2.24, 2.45) is 97.8 Å². The number of carbonyl (C=O) groups is 3. The zero-order valence-electron chi connectivity index (χ0n) is 48.2. The maximum atomic E-state index is 16.1. The van der Waals surface area contributed by atoms with E-state index in [0.717, 1.165) is 36.8 Å². The van der Waals surface area contributed by atoms with E-state index >= 15 is 4.79 Å². The lowest BCUT2D eigenvalue weighted by Crippen LogP contribution is -2.68. The van der Waals surface area contributed by atoms with Crippen molar-refractivity contribution in [3.05, 3.63) is 76.8 Å². The molecule has 15 nitrogen and oxygen atoms in total. The summed E-state index contributed by atoms with van der Waals surface area (Å²) in [5.74, 6) is 3.99. The van der Waals surface area contributed by atoms with Gasteiger partial charge in [-0.05, 0) is 172 Å². The van der Waals surface area contributed by atoms with Gasteiger partial charge in [-0.15, -0.1) is 5.92 Å². The van der Waals surface area contributed by atoms with E-state index in [2.05, 4.69) is 47.1 Å². The number of allylic oxidation sites excluding steroid dienone is 3. The number of ether oxygens (including phenoxy) is 1. The van der Waals surface area contributed by atoms with Crippen LogP contribution in [0, 0.1) is 93.2 Å². The van der Waals surface area contributed by atoms with E-state index in [0.29, 0.717) is 61.5 Å². The number of aromatic nitrogens is 1. The molecule has 0 unspecified atom stereocenters. The summed E-state index contributed by atoms with van der Waals surface area (Å²) in [6.45, 7) is 8.54. The normalized spacial score (nSPS) is 45.6. The standard InChI is InChI=1S/C65H87N5O10S2/c1-35-8-9-38-12-15-47-36(2)26-64(78)20-19-62(47,49(38)24-35)27-39(45-32-80-58(76)51(45)41-17-22-68-30-41)6-5-7-40-28-65(79)53-48(16-18-63(65,21-23-69-59(66)67)57(40)61(64,4)77)60(3)29-50(73)55(74)46-34-82-81-33-42(37-10-13-43(71)14-11-37)25-44(72)31-70-54(53)56(75)52(46)60/h10-14,17,22,30,35-36,39-40,42,45-52,55,57,68,70-71,73-74,77-79H,7-9,15-16,18-21,23-29,31-34H2,1-4H3,(H4,66,67,69)/t35-,36-,39+,40+,42-,45+,46-,47+,48+,49+,50+,51+,52+,55-,57-,60-,61-,62-,63+,64-,65-/m1/s1. The number of nitrogens with one attached hydrogen (secondary N) is 2.